The van der Waals surface area contributed by atoms with Crippen LogP contribution >= 0.6 is 0 Å². The van der Waals surface area contributed by atoms with Crippen molar-refractivity contribution in [2.75, 3.05) is 21.3 Å². The van der Waals surface area contributed by atoms with Crippen molar-refractivity contribution < 1.29 is 9.47 Å². The third kappa shape index (κ3) is 2.59. The molecule has 0 aromatic heterocycles. The molecule has 0 spiro atoms. The highest BCUT2D eigenvalue weighted by molar-refractivity contribution is 5.42. The fourth-order valence-corrected chi connectivity index (χ4v) is 1.39. The van der Waals surface area contributed by atoms with Gasteiger partial charge < -0.3 is 14.8 Å². The number of nitrogens with two attached hydrogens (primary N) is 1. The molecule has 0 bridgehead atoms. The Bertz CT molecular complexity index is 314. The molecule has 1 aromatic rings. The number of methoxy groups -OCH3 is 2. The molecule has 5 heteroatoms. The SMILES string of the molecule is CNC(NN)c1ccc(OC)cc1OC. The average Bonchev–Trinajstić information content (AvgIpc) is 2.31. The van der Waals surface area contributed by atoms with Crippen LogP contribution in [0.5, 0.6) is 11.5 Å². The van der Waals surface area contributed by atoms with Gasteiger partial charge in [0.25, 0.3) is 0 Å². The van der Waals surface area contributed by atoms with Crippen LogP contribution in [0.15, 0.2) is 18.2 Å². The molecule has 5 nitrogen and oxygen atoms in total. The van der Waals surface area contributed by atoms with Gasteiger partial charge in [0.1, 0.15) is 11.5 Å². The van der Waals surface area contributed by atoms with E-state index in [-0.39, 0.29) is 6.17 Å². The zero-order valence-electron chi connectivity index (χ0n) is 9.20. The maximum absolute atomic E-state index is 5.41. The van der Waals surface area contributed by atoms with E-state index in [4.69, 9.17) is 15.3 Å². The Morgan fingerprint density at radius 1 is 1.27 bits per heavy atom. The van der Waals surface area contributed by atoms with Gasteiger partial charge in [0, 0.05) is 11.6 Å². The van der Waals surface area contributed by atoms with Crippen LogP contribution in [0.25, 0.3) is 0 Å². The average molecular weight is 211 g/mol. The molecule has 0 aliphatic carbocycles. The molecule has 1 rings (SSSR count). The van der Waals surface area contributed by atoms with E-state index in [9.17, 15) is 0 Å². The second-order valence-corrected chi connectivity index (χ2v) is 3.00. The molecule has 0 saturated carbocycles. The number of rotatable bonds is 5. The molecule has 0 heterocycles. The first-order valence-corrected chi connectivity index (χ1v) is 4.62. The van der Waals surface area contributed by atoms with Crippen molar-refractivity contribution in [1.82, 2.24) is 10.7 Å². The quantitative estimate of drug-likeness (QED) is 0.373. The number of nitrogens with one attached hydrogen (secondary N) is 2. The molecule has 1 unspecified atom stereocenters. The predicted octanol–water partition coefficient (Wildman–Crippen LogP) is 0.385. The molecule has 1 aromatic carbocycles. The van der Waals surface area contributed by atoms with Gasteiger partial charge >= 0.3 is 0 Å². The van der Waals surface area contributed by atoms with Crippen molar-refractivity contribution in [3.05, 3.63) is 23.8 Å². The minimum atomic E-state index is -0.147. The Hall–Kier alpha value is -1.30. The first-order valence-electron chi connectivity index (χ1n) is 4.62. The fourth-order valence-electron chi connectivity index (χ4n) is 1.39. The van der Waals surface area contributed by atoms with Crippen molar-refractivity contribution in [1.29, 1.82) is 0 Å². The summed E-state index contributed by atoms with van der Waals surface area (Å²) < 4.78 is 10.4. The zero-order valence-corrected chi connectivity index (χ0v) is 9.20. The third-order valence-corrected chi connectivity index (χ3v) is 2.21. The van der Waals surface area contributed by atoms with E-state index < -0.39 is 0 Å². The van der Waals surface area contributed by atoms with E-state index in [0.29, 0.717) is 0 Å². The number of hydrazine groups is 1. The Morgan fingerprint density at radius 2 is 2.00 bits per heavy atom. The molecule has 0 amide bonds. The second-order valence-electron chi connectivity index (χ2n) is 3.00. The van der Waals surface area contributed by atoms with E-state index in [0.717, 1.165) is 17.1 Å². The van der Waals surface area contributed by atoms with Gasteiger partial charge in [-0.25, -0.2) is 5.43 Å². The van der Waals surface area contributed by atoms with Crippen LogP contribution in [0, 0.1) is 0 Å². The van der Waals surface area contributed by atoms with Crippen LogP contribution in [-0.4, -0.2) is 21.3 Å². The molecule has 84 valence electrons. The van der Waals surface area contributed by atoms with Crippen molar-refractivity contribution in [3.8, 4) is 11.5 Å². The van der Waals surface area contributed by atoms with E-state index >= 15 is 0 Å². The summed E-state index contributed by atoms with van der Waals surface area (Å²) in [4.78, 5) is 0. The van der Waals surface area contributed by atoms with Crippen molar-refractivity contribution in [2.24, 2.45) is 5.84 Å². The lowest BCUT2D eigenvalue weighted by molar-refractivity contribution is 0.379. The summed E-state index contributed by atoms with van der Waals surface area (Å²) in [5, 5.41) is 3.02. The minimum absolute atomic E-state index is 0.147. The molecule has 0 fully saturated rings. The lowest BCUT2D eigenvalue weighted by atomic mass is 10.1. The van der Waals surface area contributed by atoms with E-state index in [1.165, 1.54) is 0 Å². The van der Waals surface area contributed by atoms with Crippen LogP contribution in [0.3, 0.4) is 0 Å². The monoisotopic (exact) mass is 211 g/mol. The third-order valence-electron chi connectivity index (χ3n) is 2.21. The molecular weight excluding hydrogens is 194 g/mol. The summed E-state index contributed by atoms with van der Waals surface area (Å²) in [6.45, 7) is 0. The Labute approximate surface area is 89.5 Å². The first-order chi connectivity index (χ1) is 7.26. The van der Waals surface area contributed by atoms with Crippen LogP contribution in [0.2, 0.25) is 0 Å². The standard InChI is InChI=1S/C10H17N3O2/c1-12-10(13-11)8-5-4-7(14-2)6-9(8)15-3/h4-6,10,12-13H,11H2,1-3H3. The largest absolute Gasteiger partial charge is 0.497 e. The van der Waals surface area contributed by atoms with Crippen molar-refractivity contribution in [3.63, 3.8) is 0 Å². The molecule has 0 saturated heterocycles. The van der Waals surface area contributed by atoms with Crippen LogP contribution in [-0.2, 0) is 0 Å². The summed E-state index contributed by atoms with van der Waals surface area (Å²) in [7, 11) is 5.04. The highest BCUT2D eigenvalue weighted by Gasteiger charge is 2.13. The Morgan fingerprint density at radius 3 is 2.47 bits per heavy atom. The number of benzene rings is 1. The van der Waals surface area contributed by atoms with Crippen molar-refractivity contribution >= 4 is 0 Å². The van der Waals surface area contributed by atoms with E-state index in [2.05, 4.69) is 10.7 Å². The smallest absolute Gasteiger partial charge is 0.128 e. The van der Waals surface area contributed by atoms with Gasteiger partial charge in [-0.2, -0.15) is 0 Å². The number of ether oxygens (including phenoxy) is 2. The van der Waals surface area contributed by atoms with Gasteiger partial charge in [0.2, 0.25) is 0 Å². The first kappa shape index (κ1) is 11.8. The Kier molecular flexibility index (Phi) is 4.36. The van der Waals surface area contributed by atoms with Crippen LogP contribution in [0.1, 0.15) is 11.7 Å². The van der Waals surface area contributed by atoms with E-state index in [1.807, 2.05) is 25.2 Å². The summed E-state index contributed by atoms with van der Waals surface area (Å²) >= 11 is 0. The van der Waals surface area contributed by atoms with Crippen molar-refractivity contribution in [2.45, 2.75) is 6.17 Å². The summed E-state index contributed by atoms with van der Waals surface area (Å²) in [6, 6.07) is 5.58. The summed E-state index contributed by atoms with van der Waals surface area (Å²) in [5.74, 6) is 6.89. The lowest BCUT2D eigenvalue weighted by Gasteiger charge is -2.18. The molecule has 4 N–H and O–H groups in total. The molecule has 0 radical (unpaired) electrons. The van der Waals surface area contributed by atoms with Gasteiger partial charge in [0.05, 0.1) is 20.4 Å². The predicted molar refractivity (Wildman–Crippen MR) is 58.7 cm³/mol. The Balaban J connectivity index is 3.06. The normalized spacial score (nSPS) is 12.3. The fraction of sp³-hybridized carbons (Fsp3) is 0.400. The van der Waals surface area contributed by atoms with Gasteiger partial charge in [-0.15, -0.1) is 0 Å². The maximum atomic E-state index is 5.41. The molecule has 1 atom stereocenters. The van der Waals surface area contributed by atoms with Crippen LogP contribution in [0.4, 0.5) is 0 Å². The number of hydrogen-bond donors (Lipinski definition) is 3. The van der Waals surface area contributed by atoms with Gasteiger partial charge in [-0.1, -0.05) is 0 Å². The van der Waals surface area contributed by atoms with Gasteiger partial charge in [-0.3, -0.25) is 5.84 Å². The van der Waals surface area contributed by atoms with Gasteiger partial charge in [0.15, 0.2) is 0 Å². The zero-order chi connectivity index (χ0) is 11.3. The van der Waals surface area contributed by atoms with E-state index in [1.54, 1.807) is 14.2 Å². The van der Waals surface area contributed by atoms with Gasteiger partial charge in [-0.05, 0) is 19.2 Å². The molecule has 0 aliphatic heterocycles. The second kappa shape index (κ2) is 5.55. The lowest BCUT2D eigenvalue weighted by Crippen LogP contribution is -2.36. The molecule has 15 heavy (non-hydrogen) atoms. The molecular formula is C10H17N3O2. The number of hydrogen-bond acceptors (Lipinski definition) is 5. The highest BCUT2D eigenvalue weighted by Crippen LogP contribution is 2.27. The topological polar surface area (TPSA) is 68.5 Å². The highest BCUT2D eigenvalue weighted by atomic mass is 16.5. The van der Waals surface area contributed by atoms with Crippen LogP contribution < -0.4 is 26.1 Å². The summed E-state index contributed by atoms with van der Waals surface area (Å²) in [5.41, 5.74) is 3.58. The summed E-state index contributed by atoms with van der Waals surface area (Å²) in [6.07, 6.45) is -0.147. The minimum Gasteiger partial charge on any atom is -0.497 e. The molecule has 0 aliphatic rings. The maximum Gasteiger partial charge on any atom is 0.128 e.